The minimum absolute atomic E-state index is 0.000244. The summed E-state index contributed by atoms with van der Waals surface area (Å²) in [4.78, 5) is 42.0. The van der Waals surface area contributed by atoms with Crippen LogP contribution in [0, 0.1) is 5.92 Å². The number of anilines is 1. The van der Waals surface area contributed by atoms with Crippen LogP contribution in [0.1, 0.15) is 65.6 Å². The van der Waals surface area contributed by atoms with E-state index in [1.54, 1.807) is 15.9 Å². The fourth-order valence-corrected chi connectivity index (χ4v) is 4.20. The third kappa shape index (κ3) is 3.58. The van der Waals surface area contributed by atoms with E-state index >= 15 is 0 Å². The molecule has 30 heavy (non-hydrogen) atoms. The van der Waals surface area contributed by atoms with Crippen molar-refractivity contribution < 1.29 is 14.4 Å². The normalized spacial score (nSPS) is 17.1. The molecule has 0 radical (unpaired) electrons. The van der Waals surface area contributed by atoms with Crippen molar-refractivity contribution in [1.29, 1.82) is 0 Å². The number of carbonyl (C=O) groups is 3. The van der Waals surface area contributed by atoms with Crippen LogP contribution in [-0.2, 0) is 4.79 Å². The summed E-state index contributed by atoms with van der Waals surface area (Å²) in [6, 6.07) is 14.7. The summed E-state index contributed by atoms with van der Waals surface area (Å²) in [5.74, 6) is 0.353. The highest BCUT2D eigenvalue weighted by atomic mass is 16.2. The summed E-state index contributed by atoms with van der Waals surface area (Å²) < 4.78 is 0. The third-order valence-electron chi connectivity index (χ3n) is 5.73. The number of nitrogens with zero attached hydrogens (tertiary/aromatic N) is 2. The predicted molar refractivity (Wildman–Crippen MR) is 115 cm³/mol. The fraction of sp³-hybridized carbons (Fsp3) is 0.375. The van der Waals surface area contributed by atoms with E-state index in [1.165, 1.54) is 0 Å². The molecule has 156 valence electrons. The lowest BCUT2D eigenvalue weighted by Gasteiger charge is -2.41. The smallest absolute Gasteiger partial charge is 0.260 e. The lowest BCUT2D eigenvalue weighted by Crippen LogP contribution is -2.48. The van der Waals surface area contributed by atoms with Crippen molar-refractivity contribution in [3.8, 4) is 0 Å². The largest absolute Gasteiger partial charge is 0.356 e. The monoisotopic (exact) mass is 405 g/mol. The highest BCUT2D eigenvalue weighted by molar-refractivity contribution is 6.16. The average molecular weight is 405 g/mol. The molecular formula is C24H27N3O3. The summed E-state index contributed by atoms with van der Waals surface area (Å²) in [7, 11) is 0. The van der Waals surface area contributed by atoms with Crippen molar-refractivity contribution >= 4 is 23.4 Å². The van der Waals surface area contributed by atoms with Crippen LogP contribution in [0.25, 0.3) is 0 Å². The molecule has 0 aliphatic carbocycles. The number of carbonyl (C=O) groups excluding carboxylic acids is 3. The van der Waals surface area contributed by atoms with Gasteiger partial charge in [0.05, 0.1) is 11.3 Å². The summed E-state index contributed by atoms with van der Waals surface area (Å²) in [5, 5.41) is 2.94. The highest BCUT2D eigenvalue weighted by Gasteiger charge is 2.47. The van der Waals surface area contributed by atoms with Crippen LogP contribution in [-0.4, -0.2) is 35.7 Å². The van der Waals surface area contributed by atoms with Crippen molar-refractivity contribution in [1.82, 2.24) is 10.2 Å². The maximum absolute atomic E-state index is 13.3. The molecule has 0 saturated heterocycles. The molecule has 2 aromatic rings. The molecule has 0 spiro atoms. The fourth-order valence-electron chi connectivity index (χ4n) is 4.20. The molecule has 3 amide bonds. The SMILES string of the molecule is CC(C)CCNC(=O)CCCN1C(=O)c2ccccc2N2C(=O)c3ccccc3[C@H]12. The van der Waals surface area contributed by atoms with Crippen LogP contribution < -0.4 is 10.2 Å². The van der Waals surface area contributed by atoms with Crippen LogP contribution >= 0.6 is 0 Å². The quantitative estimate of drug-likeness (QED) is 0.763. The first-order valence-electron chi connectivity index (χ1n) is 10.6. The lowest BCUT2D eigenvalue weighted by atomic mass is 10.0. The van der Waals surface area contributed by atoms with Gasteiger partial charge in [-0.15, -0.1) is 0 Å². The molecule has 6 heteroatoms. The molecule has 6 nitrogen and oxygen atoms in total. The standard InChI is InChI=1S/C24H27N3O3/c1-16(2)13-14-25-21(28)12-7-15-26-22-17-8-3-4-9-18(17)24(30)27(22)20-11-6-5-10-19(20)23(26)29/h3-6,8-11,16,22H,7,12-15H2,1-2H3,(H,25,28)/t22-/m1/s1. The molecule has 0 aromatic heterocycles. The van der Waals surface area contributed by atoms with Gasteiger partial charge in [-0.1, -0.05) is 44.2 Å². The molecule has 0 unspecified atom stereocenters. The third-order valence-corrected chi connectivity index (χ3v) is 5.73. The zero-order valence-electron chi connectivity index (χ0n) is 17.4. The summed E-state index contributed by atoms with van der Waals surface area (Å²) in [6.45, 7) is 5.33. The number of fused-ring (bicyclic) bond motifs is 5. The average Bonchev–Trinajstić information content (AvgIpc) is 3.03. The number of rotatable bonds is 7. The number of nitrogens with one attached hydrogen (secondary N) is 1. The van der Waals surface area contributed by atoms with Crippen molar-refractivity contribution in [2.24, 2.45) is 5.92 Å². The van der Waals surface area contributed by atoms with E-state index in [0.29, 0.717) is 48.7 Å². The van der Waals surface area contributed by atoms with E-state index in [2.05, 4.69) is 19.2 Å². The number of benzene rings is 2. The van der Waals surface area contributed by atoms with E-state index in [9.17, 15) is 14.4 Å². The van der Waals surface area contributed by atoms with Crippen LogP contribution in [0.5, 0.6) is 0 Å². The van der Waals surface area contributed by atoms with Crippen LogP contribution in [0.15, 0.2) is 48.5 Å². The van der Waals surface area contributed by atoms with Gasteiger partial charge in [-0.2, -0.15) is 0 Å². The number of para-hydroxylation sites is 1. The van der Waals surface area contributed by atoms with Gasteiger partial charge in [0.25, 0.3) is 11.8 Å². The topological polar surface area (TPSA) is 69.7 Å². The molecule has 1 N–H and O–H groups in total. The Balaban J connectivity index is 1.54. The van der Waals surface area contributed by atoms with E-state index in [-0.39, 0.29) is 17.7 Å². The Morgan fingerprint density at radius 3 is 2.47 bits per heavy atom. The zero-order chi connectivity index (χ0) is 21.3. The molecule has 2 aliphatic heterocycles. The van der Waals surface area contributed by atoms with Gasteiger partial charge in [-0.05, 0) is 37.0 Å². The van der Waals surface area contributed by atoms with E-state index in [1.807, 2.05) is 42.5 Å². The molecule has 0 saturated carbocycles. The van der Waals surface area contributed by atoms with Crippen LogP contribution in [0.3, 0.4) is 0 Å². The summed E-state index contributed by atoms with van der Waals surface area (Å²) in [5.41, 5.74) is 2.64. The predicted octanol–water partition coefficient (Wildman–Crippen LogP) is 3.74. The van der Waals surface area contributed by atoms with Gasteiger partial charge in [0.1, 0.15) is 6.17 Å². The highest BCUT2D eigenvalue weighted by Crippen LogP contribution is 2.45. The Hall–Kier alpha value is -3.15. The molecule has 2 aliphatic rings. The Kier molecular flexibility index (Phi) is 5.57. The second-order valence-electron chi connectivity index (χ2n) is 8.29. The molecule has 2 heterocycles. The molecule has 0 fully saturated rings. The minimum atomic E-state index is -0.458. The van der Waals surface area contributed by atoms with Crippen LogP contribution in [0.4, 0.5) is 5.69 Å². The lowest BCUT2D eigenvalue weighted by molar-refractivity contribution is -0.121. The summed E-state index contributed by atoms with van der Waals surface area (Å²) in [6.07, 6.45) is 1.39. The Bertz CT molecular complexity index is 985. The molecule has 4 rings (SSSR count). The van der Waals surface area contributed by atoms with Gasteiger partial charge in [-0.3, -0.25) is 19.3 Å². The molecular weight excluding hydrogens is 378 g/mol. The summed E-state index contributed by atoms with van der Waals surface area (Å²) >= 11 is 0. The van der Waals surface area contributed by atoms with Gasteiger partial charge in [0, 0.05) is 30.6 Å². The van der Waals surface area contributed by atoms with Crippen molar-refractivity contribution in [3.05, 3.63) is 65.2 Å². The first-order valence-corrected chi connectivity index (χ1v) is 10.6. The second kappa shape index (κ2) is 8.30. The number of amides is 3. The van der Waals surface area contributed by atoms with Gasteiger partial charge in [0.2, 0.25) is 5.91 Å². The Morgan fingerprint density at radius 2 is 1.70 bits per heavy atom. The minimum Gasteiger partial charge on any atom is -0.356 e. The Labute approximate surface area is 176 Å². The molecule has 2 aromatic carbocycles. The molecule has 1 atom stereocenters. The van der Waals surface area contributed by atoms with Gasteiger partial charge < -0.3 is 10.2 Å². The zero-order valence-corrected chi connectivity index (χ0v) is 17.4. The first-order chi connectivity index (χ1) is 14.5. The second-order valence-corrected chi connectivity index (χ2v) is 8.29. The maximum atomic E-state index is 13.3. The first kappa shape index (κ1) is 20.1. The Morgan fingerprint density at radius 1 is 1.00 bits per heavy atom. The van der Waals surface area contributed by atoms with Crippen LogP contribution in [0.2, 0.25) is 0 Å². The van der Waals surface area contributed by atoms with Crippen molar-refractivity contribution in [2.75, 3.05) is 18.0 Å². The van der Waals surface area contributed by atoms with Gasteiger partial charge >= 0.3 is 0 Å². The van der Waals surface area contributed by atoms with E-state index in [0.717, 1.165) is 12.0 Å². The number of hydrogen-bond acceptors (Lipinski definition) is 3. The molecule has 0 bridgehead atoms. The van der Waals surface area contributed by atoms with E-state index < -0.39 is 6.17 Å². The van der Waals surface area contributed by atoms with Gasteiger partial charge in [0.15, 0.2) is 0 Å². The van der Waals surface area contributed by atoms with Crippen molar-refractivity contribution in [2.45, 2.75) is 39.3 Å². The van der Waals surface area contributed by atoms with Crippen molar-refractivity contribution in [3.63, 3.8) is 0 Å². The van der Waals surface area contributed by atoms with Gasteiger partial charge in [-0.25, -0.2) is 0 Å². The van der Waals surface area contributed by atoms with E-state index in [4.69, 9.17) is 0 Å². The maximum Gasteiger partial charge on any atom is 0.260 e. The number of hydrogen-bond donors (Lipinski definition) is 1.